The van der Waals surface area contributed by atoms with Gasteiger partial charge in [-0.1, -0.05) is 73.3 Å². The molecule has 0 aliphatic heterocycles. The fraction of sp³-hybridized carbons (Fsp3) is 0.917. The van der Waals surface area contributed by atoms with Crippen molar-refractivity contribution in [2.75, 3.05) is 13.2 Å². The Morgan fingerprint density at radius 1 is 0.889 bits per heavy atom. The zero-order chi connectivity index (χ0) is 13.9. The third-order valence-electron chi connectivity index (χ3n) is 2.56. The lowest BCUT2D eigenvalue weighted by molar-refractivity contribution is 0.280. The van der Waals surface area contributed by atoms with E-state index in [1.54, 1.807) is 0 Å². The fourth-order valence-corrected chi connectivity index (χ4v) is 1.69. The molecule has 0 rings (SSSR count). The van der Waals surface area contributed by atoms with Gasteiger partial charge < -0.3 is 9.84 Å². The quantitative estimate of drug-likeness (QED) is 0.270. The van der Waals surface area contributed by atoms with Crippen molar-refractivity contribution in [1.82, 2.24) is 0 Å². The SMILES string of the molecule is N=C(OCCCCCCCCCCO)C(Cl)(Cl)Cl. The molecule has 6 heteroatoms. The van der Waals surface area contributed by atoms with E-state index >= 15 is 0 Å². The predicted molar refractivity (Wildman–Crippen MR) is 78.0 cm³/mol. The zero-order valence-corrected chi connectivity index (χ0v) is 12.8. The number of aliphatic hydroxyl groups is 1. The number of hydrogen-bond donors (Lipinski definition) is 2. The number of ether oxygens (including phenoxy) is 1. The number of unbranched alkanes of at least 4 members (excludes halogenated alkanes) is 7. The predicted octanol–water partition coefficient (Wildman–Crippen LogP) is 4.46. The minimum absolute atomic E-state index is 0.298. The maximum Gasteiger partial charge on any atom is 0.265 e. The molecule has 0 amide bonds. The standard InChI is InChI=1S/C12H22Cl3NO2/c13-12(14,15)11(16)18-10-8-6-4-2-1-3-5-7-9-17/h16-17H,1-10H2. The highest BCUT2D eigenvalue weighted by Crippen LogP contribution is 2.27. The molecule has 108 valence electrons. The van der Waals surface area contributed by atoms with Crippen LogP contribution < -0.4 is 0 Å². The molecular weight excluding hydrogens is 296 g/mol. The monoisotopic (exact) mass is 317 g/mol. The normalized spacial score (nSPS) is 11.6. The van der Waals surface area contributed by atoms with Crippen LogP contribution in [0, 0.1) is 5.41 Å². The number of nitrogens with one attached hydrogen (secondary N) is 1. The van der Waals surface area contributed by atoms with Crippen molar-refractivity contribution in [3.63, 3.8) is 0 Å². The van der Waals surface area contributed by atoms with E-state index < -0.39 is 3.79 Å². The van der Waals surface area contributed by atoms with E-state index in [9.17, 15) is 0 Å². The number of hydrogen-bond acceptors (Lipinski definition) is 3. The van der Waals surface area contributed by atoms with Crippen LogP contribution in [0.1, 0.15) is 51.4 Å². The molecule has 0 saturated carbocycles. The van der Waals surface area contributed by atoms with Crippen molar-refractivity contribution < 1.29 is 9.84 Å². The maximum atomic E-state index is 8.61. The van der Waals surface area contributed by atoms with Gasteiger partial charge in [0.2, 0.25) is 5.90 Å². The second kappa shape index (κ2) is 11.2. The average Bonchev–Trinajstić information content (AvgIpc) is 2.30. The Balaban J connectivity index is 3.19. The number of alkyl halides is 3. The van der Waals surface area contributed by atoms with Crippen LogP contribution in [-0.4, -0.2) is 28.0 Å². The van der Waals surface area contributed by atoms with Crippen molar-refractivity contribution in [3.05, 3.63) is 0 Å². The van der Waals surface area contributed by atoms with Gasteiger partial charge in [-0.05, 0) is 12.8 Å². The molecule has 18 heavy (non-hydrogen) atoms. The first-order chi connectivity index (χ1) is 8.48. The number of aliphatic hydroxyl groups excluding tert-OH is 1. The maximum absolute atomic E-state index is 8.61. The summed E-state index contributed by atoms with van der Waals surface area (Å²) in [5.74, 6) is -0.309. The summed E-state index contributed by atoms with van der Waals surface area (Å²) in [6.07, 6.45) is 8.72. The van der Waals surface area contributed by atoms with E-state index in [-0.39, 0.29) is 5.90 Å². The van der Waals surface area contributed by atoms with Gasteiger partial charge in [0.05, 0.1) is 6.61 Å². The van der Waals surface area contributed by atoms with Crippen LogP contribution in [0.25, 0.3) is 0 Å². The van der Waals surface area contributed by atoms with E-state index in [1.165, 1.54) is 19.3 Å². The second-order valence-corrected chi connectivity index (χ2v) is 6.51. The summed E-state index contributed by atoms with van der Waals surface area (Å²) in [5.41, 5.74) is 0. The molecule has 0 unspecified atom stereocenters. The Morgan fingerprint density at radius 2 is 1.33 bits per heavy atom. The highest BCUT2D eigenvalue weighted by atomic mass is 35.6. The number of rotatable bonds is 10. The van der Waals surface area contributed by atoms with Gasteiger partial charge in [0, 0.05) is 6.61 Å². The summed E-state index contributed by atoms with van der Waals surface area (Å²) in [6.45, 7) is 0.726. The van der Waals surface area contributed by atoms with Crippen molar-refractivity contribution in [1.29, 1.82) is 5.41 Å². The molecule has 0 aromatic carbocycles. The minimum Gasteiger partial charge on any atom is -0.478 e. The lowest BCUT2D eigenvalue weighted by Crippen LogP contribution is -2.21. The molecule has 0 spiro atoms. The Labute approximate surface area is 124 Å². The molecule has 0 bridgehead atoms. The lowest BCUT2D eigenvalue weighted by atomic mass is 10.1. The van der Waals surface area contributed by atoms with Crippen LogP contribution >= 0.6 is 34.8 Å². The second-order valence-electron chi connectivity index (χ2n) is 4.23. The molecule has 0 radical (unpaired) electrons. The Bertz CT molecular complexity index is 220. The van der Waals surface area contributed by atoms with E-state index in [0.717, 1.165) is 32.1 Å². The largest absolute Gasteiger partial charge is 0.478 e. The third kappa shape index (κ3) is 11.4. The molecule has 0 fully saturated rings. The Hall–Kier alpha value is 0.300. The van der Waals surface area contributed by atoms with Crippen LogP contribution in [0.3, 0.4) is 0 Å². The molecular formula is C12H22Cl3NO2. The van der Waals surface area contributed by atoms with Crippen molar-refractivity contribution in [3.8, 4) is 0 Å². The van der Waals surface area contributed by atoms with Crippen LogP contribution in [-0.2, 0) is 4.74 Å². The first-order valence-electron chi connectivity index (χ1n) is 6.38. The van der Waals surface area contributed by atoms with Gasteiger partial charge in [0.1, 0.15) is 0 Å². The van der Waals surface area contributed by atoms with E-state index in [1.807, 2.05) is 0 Å². The summed E-state index contributed by atoms with van der Waals surface area (Å²) in [7, 11) is 0. The van der Waals surface area contributed by atoms with Gasteiger partial charge in [0.25, 0.3) is 3.79 Å². The number of halogens is 3. The molecule has 3 nitrogen and oxygen atoms in total. The van der Waals surface area contributed by atoms with Gasteiger partial charge in [0.15, 0.2) is 0 Å². The highest BCUT2D eigenvalue weighted by molar-refractivity contribution is 6.76. The molecule has 0 aromatic rings. The Morgan fingerprint density at radius 3 is 1.78 bits per heavy atom. The van der Waals surface area contributed by atoms with Crippen LogP contribution in [0.5, 0.6) is 0 Å². The van der Waals surface area contributed by atoms with E-state index in [2.05, 4.69) is 0 Å². The van der Waals surface area contributed by atoms with Gasteiger partial charge in [-0.15, -0.1) is 0 Å². The van der Waals surface area contributed by atoms with Crippen molar-refractivity contribution in [2.45, 2.75) is 55.2 Å². The molecule has 0 aliphatic carbocycles. The molecule has 0 atom stereocenters. The summed E-state index contributed by atoms with van der Waals surface area (Å²) in [4.78, 5) is 0. The lowest BCUT2D eigenvalue weighted by Gasteiger charge is -2.13. The molecule has 2 N–H and O–H groups in total. The summed E-state index contributed by atoms with van der Waals surface area (Å²) < 4.78 is 3.28. The molecule has 0 heterocycles. The molecule has 0 saturated heterocycles. The van der Waals surface area contributed by atoms with Crippen molar-refractivity contribution >= 4 is 40.7 Å². The van der Waals surface area contributed by atoms with E-state index in [0.29, 0.717) is 13.2 Å². The fourth-order valence-electron chi connectivity index (χ4n) is 1.53. The first-order valence-corrected chi connectivity index (χ1v) is 7.51. The topological polar surface area (TPSA) is 53.3 Å². The Kier molecular flexibility index (Phi) is 11.3. The van der Waals surface area contributed by atoms with Crippen molar-refractivity contribution in [2.24, 2.45) is 0 Å². The summed E-state index contributed by atoms with van der Waals surface area (Å²) in [6, 6.07) is 0. The minimum atomic E-state index is -1.74. The molecule has 0 aromatic heterocycles. The highest BCUT2D eigenvalue weighted by Gasteiger charge is 2.28. The third-order valence-corrected chi connectivity index (χ3v) is 3.07. The average molecular weight is 319 g/mol. The van der Waals surface area contributed by atoms with Crippen LogP contribution in [0.2, 0.25) is 0 Å². The summed E-state index contributed by atoms with van der Waals surface area (Å²) in [5, 5.41) is 15.9. The van der Waals surface area contributed by atoms with Gasteiger partial charge in [-0.2, -0.15) is 0 Å². The van der Waals surface area contributed by atoms with Gasteiger partial charge >= 0.3 is 0 Å². The first kappa shape index (κ1) is 18.3. The summed E-state index contributed by atoms with van der Waals surface area (Å²) >= 11 is 16.4. The zero-order valence-electron chi connectivity index (χ0n) is 10.6. The van der Waals surface area contributed by atoms with Gasteiger partial charge in [-0.3, -0.25) is 5.41 Å². The van der Waals surface area contributed by atoms with Gasteiger partial charge in [-0.25, -0.2) is 0 Å². The van der Waals surface area contributed by atoms with Crippen LogP contribution in [0.15, 0.2) is 0 Å². The molecule has 0 aliphatic rings. The van der Waals surface area contributed by atoms with E-state index in [4.69, 9.17) is 50.1 Å². The smallest absolute Gasteiger partial charge is 0.265 e. The van der Waals surface area contributed by atoms with Crippen LogP contribution in [0.4, 0.5) is 0 Å².